The van der Waals surface area contributed by atoms with E-state index >= 15 is 0 Å². The number of halogens is 2. The number of Topliss-reactive ketones (excluding diaryl/α,β-unsaturated/α-hetero) is 1. The van der Waals surface area contributed by atoms with E-state index < -0.39 is 5.97 Å². The number of aromatic carboxylic acids is 1. The zero-order chi connectivity index (χ0) is 13.4. The number of carboxylic acids is 1. The number of thiophene rings is 1. The molecule has 0 saturated carbocycles. The Kier molecular flexibility index (Phi) is 3.86. The van der Waals surface area contributed by atoms with Gasteiger partial charge >= 0.3 is 5.97 Å². The molecule has 1 N–H and O–H groups in total. The van der Waals surface area contributed by atoms with Crippen LogP contribution in [0.25, 0.3) is 9.88 Å². The molecule has 0 aliphatic heterocycles. The number of ketones is 1. The average Bonchev–Trinajstić information content (AvgIpc) is 2.83. The van der Waals surface area contributed by atoms with E-state index in [1.165, 1.54) is 18.3 Å². The summed E-state index contributed by atoms with van der Waals surface area (Å²) >= 11 is 11.5. The summed E-state index contributed by atoms with van der Waals surface area (Å²) in [7, 11) is 0. The van der Waals surface area contributed by atoms with Gasteiger partial charge in [-0.1, -0.05) is 11.6 Å². The van der Waals surface area contributed by atoms with E-state index in [0.717, 1.165) is 20.7 Å². The number of hydrogen-bond acceptors (Lipinski definition) is 5. The molecule has 18 heavy (non-hydrogen) atoms. The molecule has 0 atom stereocenters. The molecule has 0 spiro atoms. The van der Waals surface area contributed by atoms with Gasteiger partial charge in [-0.25, -0.2) is 9.78 Å². The van der Waals surface area contributed by atoms with Gasteiger partial charge in [-0.3, -0.25) is 4.79 Å². The van der Waals surface area contributed by atoms with Crippen molar-refractivity contribution in [3.8, 4) is 9.88 Å². The standard InChI is InChI=1S/C10H5BrClNO3S2/c1-3(14)7-6(10(15)16)13-9(18-7)5-2-4(11)8(12)17-5/h2H,1H3,(H,15,16). The first-order valence-corrected chi connectivity index (χ1v) is 7.40. The predicted molar refractivity (Wildman–Crippen MR) is 75.1 cm³/mol. The Hall–Kier alpha value is -0.760. The highest BCUT2D eigenvalue weighted by Crippen LogP contribution is 2.40. The van der Waals surface area contributed by atoms with Crippen molar-refractivity contribution in [2.45, 2.75) is 6.92 Å². The second-order valence-electron chi connectivity index (χ2n) is 3.29. The third-order valence-electron chi connectivity index (χ3n) is 2.01. The molecule has 0 radical (unpaired) electrons. The molecule has 4 nitrogen and oxygen atoms in total. The van der Waals surface area contributed by atoms with Gasteiger partial charge < -0.3 is 5.11 Å². The summed E-state index contributed by atoms with van der Waals surface area (Å²) in [6, 6.07) is 1.75. The highest BCUT2D eigenvalue weighted by Gasteiger charge is 2.22. The first kappa shape index (κ1) is 13.7. The lowest BCUT2D eigenvalue weighted by molar-refractivity contribution is 0.0687. The fraction of sp³-hybridized carbons (Fsp3) is 0.100. The minimum Gasteiger partial charge on any atom is -0.476 e. The lowest BCUT2D eigenvalue weighted by Gasteiger charge is -1.89. The van der Waals surface area contributed by atoms with Crippen molar-refractivity contribution in [2.24, 2.45) is 0 Å². The van der Waals surface area contributed by atoms with Crippen LogP contribution in [0, 0.1) is 0 Å². The van der Waals surface area contributed by atoms with Crippen LogP contribution in [0.2, 0.25) is 4.34 Å². The van der Waals surface area contributed by atoms with Crippen LogP contribution >= 0.6 is 50.2 Å². The summed E-state index contributed by atoms with van der Waals surface area (Å²) in [5.41, 5.74) is -0.205. The Bertz CT molecular complexity index is 599. The summed E-state index contributed by atoms with van der Waals surface area (Å²) in [5, 5.41) is 9.48. The van der Waals surface area contributed by atoms with Crippen LogP contribution < -0.4 is 0 Å². The zero-order valence-electron chi connectivity index (χ0n) is 8.86. The molecule has 0 saturated heterocycles. The highest BCUT2D eigenvalue weighted by molar-refractivity contribution is 9.10. The summed E-state index contributed by atoms with van der Waals surface area (Å²) in [6.45, 7) is 1.32. The maximum atomic E-state index is 11.4. The number of nitrogens with zero attached hydrogens (tertiary/aromatic N) is 1. The smallest absolute Gasteiger partial charge is 0.356 e. The number of thiazole rings is 1. The second-order valence-corrected chi connectivity index (χ2v) is 6.80. The van der Waals surface area contributed by atoms with E-state index in [-0.39, 0.29) is 16.4 Å². The van der Waals surface area contributed by atoms with Crippen LogP contribution in [0.15, 0.2) is 10.5 Å². The van der Waals surface area contributed by atoms with Gasteiger partial charge in [0.05, 0.1) is 4.88 Å². The largest absolute Gasteiger partial charge is 0.476 e. The topological polar surface area (TPSA) is 67.3 Å². The Balaban J connectivity index is 2.56. The number of aromatic nitrogens is 1. The van der Waals surface area contributed by atoms with Gasteiger partial charge in [-0.15, -0.1) is 22.7 Å². The molecule has 2 aromatic heterocycles. The molecule has 94 valence electrons. The molecule has 0 bridgehead atoms. The molecule has 0 aliphatic rings. The minimum atomic E-state index is -1.20. The third kappa shape index (κ3) is 2.49. The van der Waals surface area contributed by atoms with E-state index in [4.69, 9.17) is 16.7 Å². The maximum absolute atomic E-state index is 11.4. The van der Waals surface area contributed by atoms with Crippen molar-refractivity contribution in [3.05, 3.63) is 25.4 Å². The lowest BCUT2D eigenvalue weighted by Crippen LogP contribution is -2.03. The SMILES string of the molecule is CC(=O)c1sc(-c2cc(Br)c(Cl)s2)nc1C(=O)O. The van der Waals surface area contributed by atoms with Gasteiger partial charge in [-0.05, 0) is 22.0 Å². The highest BCUT2D eigenvalue weighted by atomic mass is 79.9. The van der Waals surface area contributed by atoms with Gasteiger partial charge in [0.2, 0.25) is 0 Å². The maximum Gasteiger partial charge on any atom is 0.356 e. The summed E-state index contributed by atoms with van der Waals surface area (Å²) in [6.07, 6.45) is 0. The van der Waals surface area contributed by atoms with Crippen LogP contribution in [0.5, 0.6) is 0 Å². The van der Waals surface area contributed by atoms with Crippen LogP contribution in [0.3, 0.4) is 0 Å². The summed E-state index contributed by atoms with van der Waals surface area (Å²) < 4.78 is 1.28. The monoisotopic (exact) mass is 365 g/mol. The van der Waals surface area contributed by atoms with Gasteiger partial charge in [0.1, 0.15) is 14.2 Å². The third-order valence-corrected chi connectivity index (χ3v) is 5.81. The fourth-order valence-corrected chi connectivity index (χ4v) is 3.96. The Morgan fingerprint density at radius 1 is 1.44 bits per heavy atom. The Morgan fingerprint density at radius 3 is 2.50 bits per heavy atom. The zero-order valence-corrected chi connectivity index (χ0v) is 12.8. The van der Waals surface area contributed by atoms with Gasteiger partial charge in [0, 0.05) is 11.4 Å². The number of hydrogen-bond donors (Lipinski definition) is 1. The summed E-state index contributed by atoms with van der Waals surface area (Å²) in [4.78, 5) is 27.2. The molecule has 2 rings (SSSR count). The average molecular weight is 367 g/mol. The van der Waals surface area contributed by atoms with Crippen molar-refractivity contribution in [3.63, 3.8) is 0 Å². The van der Waals surface area contributed by atoms with Crippen LogP contribution in [0.1, 0.15) is 27.1 Å². The molecule has 8 heteroatoms. The van der Waals surface area contributed by atoms with Crippen molar-refractivity contribution >= 4 is 62.0 Å². The van der Waals surface area contributed by atoms with Crippen LogP contribution in [-0.2, 0) is 0 Å². The molecule has 0 aromatic carbocycles. The number of carboxylic acid groups (broad SMARTS) is 1. The number of carbonyl (C=O) groups is 2. The molecule has 2 heterocycles. The molecule has 0 amide bonds. The first-order chi connectivity index (χ1) is 8.40. The Labute approximate surface area is 123 Å². The van der Waals surface area contributed by atoms with Crippen molar-refractivity contribution in [1.82, 2.24) is 4.98 Å². The van der Waals surface area contributed by atoms with Crippen LogP contribution in [-0.4, -0.2) is 21.8 Å². The van der Waals surface area contributed by atoms with E-state index in [1.807, 2.05) is 0 Å². The fourth-order valence-electron chi connectivity index (χ4n) is 1.26. The number of rotatable bonds is 3. The first-order valence-electron chi connectivity index (χ1n) is 4.60. The number of carbonyl (C=O) groups excluding carboxylic acids is 1. The second kappa shape index (κ2) is 5.08. The lowest BCUT2D eigenvalue weighted by atomic mass is 10.3. The van der Waals surface area contributed by atoms with Crippen molar-refractivity contribution in [1.29, 1.82) is 0 Å². The molecule has 0 aliphatic carbocycles. The predicted octanol–water partition coefficient (Wildman–Crippen LogP) is 4.19. The van der Waals surface area contributed by atoms with Crippen molar-refractivity contribution in [2.75, 3.05) is 0 Å². The molecular formula is C10H5BrClNO3S2. The van der Waals surface area contributed by atoms with Crippen molar-refractivity contribution < 1.29 is 14.7 Å². The van der Waals surface area contributed by atoms with Gasteiger partial charge in [-0.2, -0.15) is 0 Å². The quantitative estimate of drug-likeness (QED) is 0.827. The summed E-state index contributed by atoms with van der Waals surface area (Å²) in [5.74, 6) is -1.51. The van der Waals surface area contributed by atoms with E-state index in [9.17, 15) is 9.59 Å². The molecular weight excluding hydrogens is 362 g/mol. The van der Waals surface area contributed by atoms with Gasteiger partial charge in [0.25, 0.3) is 0 Å². The normalized spacial score (nSPS) is 10.6. The van der Waals surface area contributed by atoms with E-state index in [2.05, 4.69) is 20.9 Å². The minimum absolute atomic E-state index is 0.151. The van der Waals surface area contributed by atoms with Gasteiger partial charge in [0.15, 0.2) is 11.5 Å². The molecule has 0 unspecified atom stereocenters. The van der Waals surface area contributed by atoms with E-state index in [1.54, 1.807) is 6.07 Å². The Morgan fingerprint density at radius 2 is 2.11 bits per heavy atom. The van der Waals surface area contributed by atoms with E-state index in [0.29, 0.717) is 9.34 Å². The molecule has 0 fully saturated rings. The molecule has 2 aromatic rings. The van der Waals surface area contributed by atoms with Crippen LogP contribution in [0.4, 0.5) is 0 Å².